The first-order valence-electron chi connectivity index (χ1n) is 26.8. The molecule has 2 aromatic rings. The highest BCUT2D eigenvalue weighted by atomic mass is 32.1. The zero-order chi connectivity index (χ0) is 43.5. The Labute approximate surface area is 384 Å². The fourth-order valence-corrected chi connectivity index (χ4v) is 8.63. The Hall–Kier alpha value is -1.89. The number of ether oxygens (including phenoxy) is 3. The Bertz CT molecular complexity index is 1170. The van der Waals surface area contributed by atoms with Gasteiger partial charge in [0.05, 0.1) is 32.1 Å². The molecule has 0 aliphatic heterocycles. The molecule has 0 atom stereocenters. The van der Waals surface area contributed by atoms with Gasteiger partial charge < -0.3 is 14.2 Å². The summed E-state index contributed by atoms with van der Waals surface area (Å²) in [6.45, 7) is 9.63. The fourth-order valence-electron chi connectivity index (χ4n) is 8.41. The van der Waals surface area contributed by atoms with Gasteiger partial charge in [0.2, 0.25) is 5.75 Å². The Morgan fingerprint density at radius 3 is 1.16 bits per heavy atom. The molecule has 7 heteroatoms. The van der Waals surface area contributed by atoms with Crippen LogP contribution in [0.4, 0.5) is 0 Å². The van der Waals surface area contributed by atoms with Crippen LogP contribution in [0.15, 0.2) is 18.3 Å². The number of nitrogens with zero attached hydrogens (tertiary/aromatic N) is 3. The third-order valence-electron chi connectivity index (χ3n) is 12.4. The molecule has 0 radical (unpaired) electrons. The van der Waals surface area contributed by atoms with Gasteiger partial charge in [-0.25, -0.2) is 4.68 Å². The first-order chi connectivity index (χ1) is 30.2. The van der Waals surface area contributed by atoms with Crippen LogP contribution in [0.2, 0.25) is 0 Å². The van der Waals surface area contributed by atoms with Gasteiger partial charge in [0.25, 0.3) is 0 Å². The molecule has 0 saturated heterocycles. The first kappa shape index (κ1) is 55.2. The van der Waals surface area contributed by atoms with E-state index in [1.807, 2.05) is 4.68 Å². The molecule has 6 nitrogen and oxygen atoms in total. The van der Waals surface area contributed by atoms with Crippen LogP contribution in [-0.2, 0) is 13.0 Å². The number of benzene rings is 1. The molecule has 0 aliphatic rings. The molecule has 61 heavy (non-hydrogen) atoms. The summed E-state index contributed by atoms with van der Waals surface area (Å²) >= 11 is 4.34. The van der Waals surface area contributed by atoms with Crippen molar-refractivity contribution in [2.45, 2.75) is 271 Å². The van der Waals surface area contributed by atoms with Crippen LogP contribution in [0, 0.1) is 0 Å². The lowest BCUT2D eigenvalue weighted by Gasteiger charge is -2.19. The van der Waals surface area contributed by atoms with Crippen LogP contribution >= 0.6 is 12.6 Å². The molecule has 0 amide bonds. The second-order valence-corrected chi connectivity index (χ2v) is 18.8. The predicted octanol–water partition coefficient (Wildman–Crippen LogP) is 17.4. The largest absolute Gasteiger partial charge is 0.490 e. The molecule has 0 spiro atoms. The van der Waals surface area contributed by atoms with E-state index in [-0.39, 0.29) is 0 Å². The number of hydrogen-bond donors (Lipinski definition) is 1. The summed E-state index contributed by atoms with van der Waals surface area (Å²) in [6, 6.07) is 4.37. The van der Waals surface area contributed by atoms with E-state index in [1.165, 1.54) is 218 Å². The van der Waals surface area contributed by atoms with Crippen LogP contribution in [0.3, 0.4) is 0 Å². The molecule has 354 valence electrons. The average Bonchev–Trinajstić information content (AvgIpc) is 3.72. The van der Waals surface area contributed by atoms with Crippen molar-refractivity contribution in [3.05, 3.63) is 29.6 Å². The number of hydrogen-bond acceptors (Lipinski definition) is 6. The molecule has 0 unspecified atom stereocenters. The summed E-state index contributed by atoms with van der Waals surface area (Å²) in [6.07, 6.45) is 51.5. The number of thiol groups is 1. The van der Waals surface area contributed by atoms with Gasteiger partial charge in [0, 0.05) is 6.20 Å². The number of aromatic nitrogens is 3. The van der Waals surface area contributed by atoms with Gasteiger partial charge in [-0.2, -0.15) is 12.6 Å². The minimum absolute atomic E-state index is 0.639. The minimum atomic E-state index is 0.639. The van der Waals surface area contributed by atoms with Crippen molar-refractivity contribution in [2.75, 3.05) is 25.6 Å². The Morgan fingerprint density at radius 2 is 0.770 bits per heavy atom. The highest BCUT2D eigenvalue weighted by Crippen LogP contribution is 2.40. The van der Waals surface area contributed by atoms with Crippen molar-refractivity contribution in [2.24, 2.45) is 0 Å². The Balaban J connectivity index is 2.05. The average molecular weight is 870 g/mol. The SMILES string of the molecule is CCCCCCCCCCCCOc1cc(Cn2cc(CCCCCCCCCS)nn2)cc(OCCCCCCCCCCCC)c1OCCCCCCCCCCCC. The van der Waals surface area contributed by atoms with Crippen LogP contribution in [0.1, 0.15) is 270 Å². The molecular formula is C54H99N3O3S. The minimum Gasteiger partial charge on any atom is -0.490 e. The van der Waals surface area contributed by atoms with Crippen LogP contribution in [0.25, 0.3) is 0 Å². The van der Waals surface area contributed by atoms with Gasteiger partial charge in [-0.3, -0.25) is 0 Å². The highest BCUT2D eigenvalue weighted by molar-refractivity contribution is 7.80. The number of rotatable bonds is 47. The monoisotopic (exact) mass is 870 g/mol. The van der Waals surface area contributed by atoms with Crippen molar-refractivity contribution >= 4 is 12.6 Å². The van der Waals surface area contributed by atoms with E-state index < -0.39 is 0 Å². The molecule has 2 rings (SSSR count). The molecule has 1 aromatic heterocycles. The van der Waals surface area contributed by atoms with E-state index in [0.717, 1.165) is 59.9 Å². The van der Waals surface area contributed by atoms with E-state index in [0.29, 0.717) is 26.4 Å². The van der Waals surface area contributed by atoms with Crippen molar-refractivity contribution < 1.29 is 14.2 Å². The van der Waals surface area contributed by atoms with Crippen LogP contribution in [-0.4, -0.2) is 40.6 Å². The lowest BCUT2D eigenvalue weighted by molar-refractivity contribution is 0.233. The summed E-state index contributed by atoms with van der Waals surface area (Å²) in [5, 5.41) is 9.12. The lowest BCUT2D eigenvalue weighted by atomic mass is 10.1. The fraction of sp³-hybridized carbons (Fsp3) is 0.852. The van der Waals surface area contributed by atoms with E-state index >= 15 is 0 Å². The van der Waals surface area contributed by atoms with Gasteiger partial charge in [0.1, 0.15) is 0 Å². The normalized spacial score (nSPS) is 11.5. The predicted molar refractivity (Wildman–Crippen MR) is 267 cm³/mol. The molecule has 1 aromatic carbocycles. The standard InChI is InChI=1S/C54H99N3O3S/c1-4-7-10-13-16-19-22-27-32-37-42-58-52-46-50(48-57-49-51(55-56-57)41-36-31-26-25-30-35-40-45-61)47-53(59-43-38-33-28-23-20-17-14-11-8-5-2)54(52)60-44-39-34-29-24-21-18-15-12-9-6-3/h46-47,49,61H,4-45,48H2,1-3H3. The first-order valence-corrected chi connectivity index (χ1v) is 27.4. The van der Waals surface area contributed by atoms with Crippen molar-refractivity contribution in [3.8, 4) is 17.2 Å². The van der Waals surface area contributed by atoms with Gasteiger partial charge in [0.15, 0.2) is 11.5 Å². The van der Waals surface area contributed by atoms with Crippen LogP contribution < -0.4 is 14.2 Å². The lowest BCUT2D eigenvalue weighted by Crippen LogP contribution is -2.08. The molecule has 1 heterocycles. The maximum atomic E-state index is 6.65. The van der Waals surface area contributed by atoms with E-state index in [9.17, 15) is 0 Å². The molecule has 0 saturated carbocycles. The molecular weight excluding hydrogens is 771 g/mol. The van der Waals surface area contributed by atoms with Crippen molar-refractivity contribution in [3.63, 3.8) is 0 Å². The van der Waals surface area contributed by atoms with E-state index in [2.05, 4.69) is 62.0 Å². The Morgan fingerprint density at radius 1 is 0.426 bits per heavy atom. The summed E-state index contributed by atoms with van der Waals surface area (Å²) < 4.78 is 21.9. The van der Waals surface area contributed by atoms with Crippen molar-refractivity contribution in [1.82, 2.24) is 15.0 Å². The van der Waals surface area contributed by atoms with E-state index in [1.54, 1.807) is 0 Å². The summed E-state index contributed by atoms with van der Waals surface area (Å²) in [5.74, 6) is 3.46. The van der Waals surface area contributed by atoms with Gasteiger partial charge >= 0.3 is 0 Å². The molecule has 0 bridgehead atoms. The van der Waals surface area contributed by atoms with Gasteiger partial charge in [-0.15, -0.1) is 5.10 Å². The third-order valence-corrected chi connectivity index (χ3v) is 12.7. The van der Waals surface area contributed by atoms with E-state index in [4.69, 9.17) is 14.2 Å². The van der Waals surface area contributed by atoms with Gasteiger partial charge in [-0.05, 0) is 62.0 Å². The number of aryl methyl sites for hydroxylation is 1. The summed E-state index contributed by atoms with van der Waals surface area (Å²) in [7, 11) is 0. The van der Waals surface area contributed by atoms with Crippen molar-refractivity contribution in [1.29, 1.82) is 0 Å². The maximum absolute atomic E-state index is 6.65. The topological polar surface area (TPSA) is 58.4 Å². The maximum Gasteiger partial charge on any atom is 0.203 e. The zero-order valence-corrected chi connectivity index (χ0v) is 41.5. The van der Waals surface area contributed by atoms with Gasteiger partial charge in [-0.1, -0.05) is 231 Å². The second kappa shape index (κ2) is 42.1. The second-order valence-electron chi connectivity index (χ2n) is 18.4. The quantitative estimate of drug-likeness (QED) is 0.0530. The highest BCUT2D eigenvalue weighted by Gasteiger charge is 2.17. The third kappa shape index (κ3) is 31.6. The smallest absolute Gasteiger partial charge is 0.203 e. The summed E-state index contributed by atoms with van der Waals surface area (Å²) in [4.78, 5) is 0. The molecule has 0 aliphatic carbocycles. The number of unbranched alkanes of at least 4 members (excludes halogenated alkanes) is 33. The molecule has 0 N–H and O–H groups in total. The van der Waals surface area contributed by atoms with Crippen LogP contribution in [0.5, 0.6) is 17.2 Å². The molecule has 0 fully saturated rings. The summed E-state index contributed by atoms with van der Waals surface area (Å²) in [5.41, 5.74) is 2.21. The Kier molecular flexibility index (Phi) is 38.1. The zero-order valence-electron chi connectivity index (χ0n) is 40.7.